The van der Waals surface area contributed by atoms with Crippen molar-refractivity contribution in [2.24, 2.45) is 5.92 Å². The fraction of sp³-hybridized carbons (Fsp3) is 0.571. The van der Waals surface area contributed by atoms with Gasteiger partial charge < -0.3 is 5.11 Å². The van der Waals surface area contributed by atoms with E-state index in [1.54, 1.807) is 0 Å². The maximum absolute atomic E-state index is 10.1. The summed E-state index contributed by atoms with van der Waals surface area (Å²) in [4.78, 5) is 0. The van der Waals surface area contributed by atoms with Crippen LogP contribution in [0.3, 0.4) is 0 Å². The minimum Gasteiger partial charge on any atom is -0.392 e. The van der Waals surface area contributed by atoms with Crippen LogP contribution in [-0.4, -0.2) is 22.7 Å². The van der Waals surface area contributed by atoms with E-state index in [1.807, 2.05) is 11.8 Å². The van der Waals surface area contributed by atoms with Gasteiger partial charge in [0, 0.05) is 0 Å². The van der Waals surface area contributed by atoms with Gasteiger partial charge in [0.25, 0.3) is 0 Å². The maximum Gasteiger partial charge on any atom is 0.0616 e. The Hall–Kier alpha value is -0.470. The lowest BCUT2D eigenvalue weighted by Gasteiger charge is -2.17. The van der Waals surface area contributed by atoms with Gasteiger partial charge in [0.05, 0.1) is 6.10 Å². The van der Waals surface area contributed by atoms with Gasteiger partial charge in [-0.25, -0.2) is 0 Å². The standard InChI is InChI=1S/C14H20OS/c1-10-3-4-12(7-11(10)2)8-14(15)13-5-6-16-9-13/h3-4,7,13-15H,5-6,8-9H2,1-2H3. The van der Waals surface area contributed by atoms with E-state index in [0.29, 0.717) is 5.92 Å². The monoisotopic (exact) mass is 236 g/mol. The first-order valence-electron chi connectivity index (χ1n) is 5.99. The van der Waals surface area contributed by atoms with Crippen LogP contribution in [-0.2, 0) is 6.42 Å². The molecule has 2 atom stereocenters. The van der Waals surface area contributed by atoms with E-state index >= 15 is 0 Å². The fourth-order valence-electron chi connectivity index (χ4n) is 2.19. The highest BCUT2D eigenvalue weighted by Gasteiger charge is 2.23. The largest absolute Gasteiger partial charge is 0.392 e. The summed E-state index contributed by atoms with van der Waals surface area (Å²) in [7, 11) is 0. The van der Waals surface area contributed by atoms with Gasteiger partial charge in [-0.3, -0.25) is 0 Å². The fourth-order valence-corrected chi connectivity index (χ4v) is 3.52. The first kappa shape index (κ1) is 12.0. The molecule has 16 heavy (non-hydrogen) atoms. The van der Waals surface area contributed by atoms with Gasteiger partial charge in [0.1, 0.15) is 0 Å². The molecule has 1 aliphatic heterocycles. The Morgan fingerprint density at radius 1 is 1.38 bits per heavy atom. The highest BCUT2D eigenvalue weighted by Crippen LogP contribution is 2.27. The van der Waals surface area contributed by atoms with Crippen LogP contribution in [0.15, 0.2) is 18.2 Å². The summed E-state index contributed by atoms with van der Waals surface area (Å²) in [5.41, 5.74) is 3.92. The normalized spacial score (nSPS) is 22.3. The van der Waals surface area contributed by atoms with E-state index in [4.69, 9.17) is 0 Å². The summed E-state index contributed by atoms with van der Waals surface area (Å²) < 4.78 is 0. The van der Waals surface area contributed by atoms with Crippen molar-refractivity contribution in [2.75, 3.05) is 11.5 Å². The number of hydrogen-bond donors (Lipinski definition) is 1. The van der Waals surface area contributed by atoms with Crippen LogP contribution in [0.1, 0.15) is 23.1 Å². The summed E-state index contributed by atoms with van der Waals surface area (Å²) >= 11 is 1.97. The molecule has 1 aliphatic rings. The first-order chi connectivity index (χ1) is 7.66. The average molecular weight is 236 g/mol. The number of aryl methyl sites for hydroxylation is 2. The number of rotatable bonds is 3. The van der Waals surface area contributed by atoms with Crippen molar-refractivity contribution in [3.8, 4) is 0 Å². The minimum atomic E-state index is -0.155. The van der Waals surface area contributed by atoms with Crippen molar-refractivity contribution >= 4 is 11.8 Å². The van der Waals surface area contributed by atoms with Crippen LogP contribution in [0.4, 0.5) is 0 Å². The van der Waals surface area contributed by atoms with Crippen molar-refractivity contribution in [1.82, 2.24) is 0 Å². The molecule has 1 N–H and O–H groups in total. The third kappa shape index (κ3) is 2.80. The molecule has 0 aliphatic carbocycles. The molecule has 2 heteroatoms. The molecule has 1 saturated heterocycles. The van der Waals surface area contributed by atoms with E-state index in [2.05, 4.69) is 32.0 Å². The lowest BCUT2D eigenvalue weighted by Crippen LogP contribution is -2.22. The second-order valence-electron chi connectivity index (χ2n) is 4.81. The molecule has 88 valence electrons. The topological polar surface area (TPSA) is 20.2 Å². The molecule has 2 rings (SSSR count). The summed E-state index contributed by atoms with van der Waals surface area (Å²) in [5.74, 6) is 2.85. The van der Waals surface area contributed by atoms with Gasteiger partial charge in [0.15, 0.2) is 0 Å². The first-order valence-corrected chi connectivity index (χ1v) is 7.14. The molecule has 1 heterocycles. The van der Waals surface area contributed by atoms with Crippen LogP contribution in [0.2, 0.25) is 0 Å². The van der Waals surface area contributed by atoms with Crippen LogP contribution in [0, 0.1) is 19.8 Å². The van der Waals surface area contributed by atoms with Gasteiger partial charge in [-0.05, 0) is 60.8 Å². The molecule has 0 aromatic heterocycles. The Balaban J connectivity index is 1.99. The molecule has 0 saturated carbocycles. The lowest BCUT2D eigenvalue weighted by atomic mass is 9.94. The number of hydrogen-bond acceptors (Lipinski definition) is 2. The molecular formula is C14H20OS. The molecule has 0 amide bonds. The van der Waals surface area contributed by atoms with Crippen molar-refractivity contribution < 1.29 is 5.11 Å². The Labute approximate surface area is 102 Å². The number of aliphatic hydroxyl groups is 1. The molecule has 1 nitrogen and oxygen atoms in total. The zero-order chi connectivity index (χ0) is 11.5. The van der Waals surface area contributed by atoms with Gasteiger partial charge >= 0.3 is 0 Å². The van der Waals surface area contributed by atoms with Gasteiger partial charge in [-0.1, -0.05) is 18.2 Å². The average Bonchev–Trinajstić information content (AvgIpc) is 2.77. The Morgan fingerprint density at radius 3 is 2.81 bits per heavy atom. The van der Waals surface area contributed by atoms with Crippen LogP contribution >= 0.6 is 11.8 Å². The van der Waals surface area contributed by atoms with Crippen LogP contribution in [0.25, 0.3) is 0 Å². The Bertz CT molecular complexity index is 356. The molecule has 1 fully saturated rings. The lowest BCUT2D eigenvalue weighted by molar-refractivity contribution is 0.120. The van der Waals surface area contributed by atoms with E-state index in [9.17, 15) is 5.11 Å². The highest BCUT2D eigenvalue weighted by molar-refractivity contribution is 7.99. The molecule has 0 radical (unpaired) electrons. The summed E-state index contributed by atoms with van der Waals surface area (Å²) in [6, 6.07) is 6.51. The number of benzene rings is 1. The summed E-state index contributed by atoms with van der Waals surface area (Å²) in [6.07, 6.45) is 1.83. The molecule has 0 spiro atoms. The van der Waals surface area contributed by atoms with Crippen molar-refractivity contribution in [2.45, 2.75) is 32.8 Å². The van der Waals surface area contributed by atoms with E-state index in [-0.39, 0.29) is 6.10 Å². The molecular weight excluding hydrogens is 216 g/mol. The van der Waals surface area contributed by atoms with Gasteiger partial charge in [-0.15, -0.1) is 0 Å². The highest BCUT2D eigenvalue weighted by atomic mass is 32.2. The number of thioether (sulfide) groups is 1. The molecule has 1 aromatic rings. The molecule has 1 aromatic carbocycles. The second kappa shape index (κ2) is 5.24. The molecule has 0 bridgehead atoms. The third-order valence-corrected chi connectivity index (χ3v) is 4.71. The van der Waals surface area contributed by atoms with Crippen LogP contribution < -0.4 is 0 Å². The minimum absolute atomic E-state index is 0.155. The van der Waals surface area contributed by atoms with E-state index in [0.717, 1.165) is 12.2 Å². The smallest absolute Gasteiger partial charge is 0.0616 e. The number of aliphatic hydroxyl groups excluding tert-OH is 1. The molecule has 2 unspecified atom stereocenters. The zero-order valence-electron chi connectivity index (χ0n) is 10.1. The SMILES string of the molecule is Cc1ccc(CC(O)C2CCSC2)cc1C. The zero-order valence-corrected chi connectivity index (χ0v) is 10.9. The van der Waals surface area contributed by atoms with Crippen molar-refractivity contribution in [3.05, 3.63) is 34.9 Å². The maximum atomic E-state index is 10.1. The quantitative estimate of drug-likeness (QED) is 0.870. The van der Waals surface area contributed by atoms with E-state index in [1.165, 1.54) is 28.9 Å². The van der Waals surface area contributed by atoms with Gasteiger partial charge in [-0.2, -0.15) is 11.8 Å². The Morgan fingerprint density at radius 2 is 2.19 bits per heavy atom. The van der Waals surface area contributed by atoms with E-state index < -0.39 is 0 Å². The summed E-state index contributed by atoms with van der Waals surface area (Å²) in [6.45, 7) is 4.26. The van der Waals surface area contributed by atoms with Gasteiger partial charge in [0.2, 0.25) is 0 Å². The third-order valence-electron chi connectivity index (χ3n) is 3.53. The van der Waals surface area contributed by atoms with Crippen LogP contribution in [0.5, 0.6) is 0 Å². The predicted octanol–water partition coefficient (Wildman–Crippen LogP) is 2.96. The summed E-state index contributed by atoms with van der Waals surface area (Å²) in [5, 5.41) is 10.1. The van der Waals surface area contributed by atoms with Crippen molar-refractivity contribution in [3.63, 3.8) is 0 Å². The second-order valence-corrected chi connectivity index (χ2v) is 5.96. The van der Waals surface area contributed by atoms with Crippen molar-refractivity contribution in [1.29, 1.82) is 0 Å². The Kier molecular flexibility index (Phi) is 3.93. The predicted molar refractivity (Wildman–Crippen MR) is 71.1 cm³/mol.